The summed E-state index contributed by atoms with van der Waals surface area (Å²) in [6, 6.07) is 7.60. The molecule has 0 heterocycles. The standard InChI is InChI=1S/C15H19NO4/c1-11-2-4-12(5-3-11)20-9-6-13(17)16-10-15(7-8-15)14(18)19/h2-5H,6-10H2,1H3,(H,16,17)(H,18,19). The van der Waals surface area contributed by atoms with Crippen molar-refractivity contribution in [3.05, 3.63) is 29.8 Å². The lowest BCUT2D eigenvalue weighted by Gasteiger charge is -2.11. The van der Waals surface area contributed by atoms with E-state index in [1.54, 1.807) is 0 Å². The van der Waals surface area contributed by atoms with Gasteiger partial charge < -0.3 is 15.2 Å². The first-order valence-corrected chi connectivity index (χ1v) is 6.71. The largest absolute Gasteiger partial charge is 0.493 e. The number of carboxylic acid groups (broad SMARTS) is 1. The van der Waals surface area contributed by atoms with Crippen molar-refractivity contribution in [3.8, 4) is 5.75 Å². The molecular formula is C15H19NO4. The first kappa shape index (κ1) is 14.4. The molecule has 2 rings (SSSR count). The van der Waals surface area contributed by atoms with Gasteiger partial charge in [-0.05, 0) is 31.9 Å². The zero-order valence-electron chi connectivity index (χ0n) is 11.5. The molecule has 5 heteroatoms. The molecule has 0 spiro atoms. The molecule has 5 nitrogen and oxygen atoms in total. The highest BCUT2D eigenvalue weighted by Gasteiger charge is 2.50. The van der Waals surface area contributed by atoms with Crippen molar-refractivity contribution in [2.45, 2.75) is 26.2 Å². The summed E-state index contributed by atoms with van der Waals surface area (Å²) in [5.74, 6) is -0.272. The van der Waals surface area contributed by atoms with Crippen LogP contribution in [0.2, 0.25) is 0 Å². The highest BCUT2D eigenvalue weighted by atomic mass is 16.5. The first-order chi connectivity index (χ1) is 9.52. The number of rotatable bonds is 7. The summed E-state index contributed by atoms with van der Waals surface area (Å²) in [6.45, 7) is 2.49. The number of benzene rings is 1. The molecule has 0 atom stereocenters. The molecule has 1 saturated carbocycles. The predicted octanol–water partition coefficient (Wildman–Crippen LogP) is 1.74. The minimum atomic E-state index is -0.825. The van der Waals surface area contributed by atoms with E-state index in [9.17, 15) is 9.59 Å². The SMILES string of the molecule is Cc1ccc(OCCC(=O)NCC2(C(=O)O)CC2)cc1. The third kappa shape index (κ3) is 3.73. The number of carbonyl (C=O) groups excluding carboxylic acids is 1. The highest BCUT2D eigenvalue weighted by Crippen LogP contribution is 2.45. The number of carboxylic acids is 1. The fourth-order valence-electron chi connectivity index (χ4n) is 1.87. The summed E-state index contributed by atoms with van der Waals surface area (Å²) in [5.41, 5.74) is 0.437. The van der Waals surface area contributed by atoms with Gasteiger partial charge in [0.15, 0.2) is 0 Å². The molecule has 0 aliphatic heterocycles. The van der Waals surface area contributed by atoms with Crippen molar-refractivity contribution in [2.24, 2.45) is 5.41 Å². The number of amides is 1. The number of ether oxygens (including phenoxy) is 1. The number of aryl methyl sites for hydroxylation is 1. The minimum absolute atomic E-state index is 0.176. The van der Waals surface area contributed by atoms with Crippen LogP contribution in [0, 0.1) is 12.3 Å². The van der Waals surface area contributed by atoms with E-state index in [0.717, 1.165) is 11.3 Å². The summed E-state index contributed by atoms with van der Waals surface area (Å²) in [6.07, 6.45) is 1.51. The zero-order valence-corrected chi connectivity index (χ0v) is 11.5. The Balaban J connectivity index is 1.65. The summed E-state index contributed by atoms with van der Waals surface area (Å²) in [5, 5.41) is 11.7. The second-order valence-electron chi connectivity index (χ2n) is 5.27. The Bertz CT molecular complexity index is 491. The van der Waals surface area contributed by atoms with Gasteiger partial charge in [0.2, 0.25) is 5.91 Å². The second kappa shape index (κ2) is 5.94. The summed E-state index contributed by atoms with van der Waals surface area (Å²) in [4.78, 5) is 22.5. The number of carbonyl (C=O) groups is 2. The summed E-state index contributed by atoms with van der Waals surface area (Å²) in [7, 11) is 0. The third-order valence-electron chi connectivity index (χ3n) is 3.55. The van der Waals surface area contributed by atoms with Gasteiger partial charge >= 0.3 is 5.97 Å². The van der Waals surface area contributed by atoms with E-state index in [1.165, 1.54) is 0 Å². The van der Waals surface area contributed by atoms with Crippen LogP contribution in [0.3, 0.4) is 0 Å². The Labute approximate surface area is 117 Å². The topological polar surface area (TPSA) is 75.6 Å². The van der Waals surface area contributed by atoms with Crippen molar-refractivity contribution >= 4 is 11.9 Å². The van der Waals surface area contributed by atoms with Crippen molar-refractivity contribution in [2.75, 3.05) is 13.2 Å². The van der Waals surface area contributed by atoms with E-state index in [1.807, 2.05) is 31.2 Å². The molecule has 1 fully saturated rings. The van der Waals surface area contributed by atoms with Crippen LogP contribution in [0.1, 0.15) is 24.8 Å². The molecule has 2 N–H and O–H groups in total. The van der Waals surface area contributed by atoms with E-state index in [2.05, 4.69) is 5.32 Å². The number of hydrogen-bond donors (Lipinski definition) is 2. The molecule has 1 aromatic carbocycles. The fraction of sp³-hybridized carbons (Fsp3) is 0.467. The van der Waals surface area contributed by atoms with Crippen LogP contribution >= 0.6 is 0 Å². The number of hydrogen-bond acceptors (Lipinski definition) is 3. The molecule has 108 valence electrons. The van der Waals surface area contributed by atoms with Crippen LogP contribution in [0.25, 0.3) is 0 Å². The van der Waals surface area contributed by atoms with E-state index < -0.39 is 11.4 Å². The lowest BCUT2D eigenvalue weighted by molar-refractivity contribution is -0.143. The Hall–Kier alpha value is -2.04. The van der Waals surface area contributed by atoms with E-state index in [4.69, 9.17) is 9.84 Å². The predicted molar refractivity (Wildman–Crippen MR) is 73.6 cm³/mol. The van der Waals surface area contributed by atoms with Gasteiger partial charge in [-0.2, -0.15) is 0 Å². The van der Waals surface area contributed by atoms with Gasteiger partial charge in [0, 0.05) is 6.54 Å². The van der Waals surface area contributed by atoms with Crippen molar-refractivity contribution in [3.63, 3.8) is 0 Å². The minimum Gasteiger partial charge on any atom is -0.493 e. The highest BCUT2D eigenvalue weighted by molar-refractivity contribution is 5.80. The Morgan fingerprint density at radius 1 is 1.30 bits per heavy atom. The molecule has 0 radical (unpaired) electrons. The van der Waals surface area contributed by atoms with Crippen molar-refractivity contribution in [1.82, 2.24) is 5.32 Å². The third-order valence-corrected chi connectivity index (χ3v) is 3.55. The Morgan fingerprint density at radius 2 is 1.95 bits per heavy atom. The molecule has 1 aliphatic rings. The molecule has 1 aromatic rings. The first-order valence-electron chi connectivity index (χ1n) is 6.71. The molecule has 0 unspecified atom stereocenters. The maximum Gasteiger partial charge on any atom is 0.311 e. The van der Waals surface area contributed by atoms with Gasteiger partial charge in [-0.15, -0.1) is 0 Å². The van der Waals surface area contributed by atoms with Crippen LogP contribution < -0.4 is 10.1 Å². The van der Waals surface area contributed by atoms with E-state index >= 15 is 0 Å². The van der Waals surface area contributed by atoms with Crippen LogP contribution in [-0.4, -0.2) is 30.1 Å². The molecule has 0 aromatic heterocycles. The van der Waals surface area contributed by atoms with Gasteiger partial charge in [0.05, 0.1) is 18.4 Å². The second-order valence-corrected chi connectivity index (χ2v) is 5.27. The fourth-order valence-corrected chi connectivity index (χ4v) is 1.87. The average molecular weight is 277 g/mol. The van der Waals surface area contributed by atoms with Crippen molar-refractivity contribution in [1.29, 1.82) is 0 Å². The summed E-state index contributed by atoms with van der Waals surface area (Å²) < 4.78 is 5.45. The lowest BCUT2D eigenvalue weighted by atomic mass is 10.1. The summed E-state index contributed by atoms with van der Waals surface area (Å²) >= 11 is 0. The van der Waals surface area contributed by atoms with Gasteiger partial charge in [0.25, 0.3) is 0 Å². The maximum atomic E-state index is 11.6. The number of nitrogens with one attached hydrogen (secondary N) is 1. The molecular weight excluding hydrogens is 258 g/mol. The molecule has 0 bridgehead atoms. The molecule has 0 saturated heterocycles. The van der Waals surface area contributed by atoms with Gasteiger partial charge in [0.1, 0.15) is 5.75 Å². The van der Waals surface area contributed by atoms with Crippen molar-refractivity contribution < 1.29 is 19.4 Å². The normalized spacial score (nSPS) is 15.4. The van der Waals surface area contributed by atoms with Crippen LogP contribution in [0.4, 0.5) is 0 Å². The molecule has 1 amide bonds. The lowest BCUT2D eigenvalue weighted by Crippen LogP contribution is -2.34. The zero-order chi connectivity index (χ0) is 14.6. The monoisotopic (exact) mass is 277 g/mol. The van der Waals surface area contributed by atoms with E-state index in [0.29, 0.717) is 12.8 Å². The van der Waals surface area contributed by atoms with E-state index in [-0.39, 0.29) is 25.5 Å². The van der Waals surface area contributed by atoms with Gasteiger partial charge in [-0.25, -0.2) is 0 Å². The number of aliphatic carboxylic acids is 1. The Morgan fingerprint density at radius 3 is 2.50 bits per heavy atom. The van der Waals surface area contributed by atoms with Crippen LogP contribution in [-0.2, 0) is 9.59 Å². The van der Waals surface area contributed by atoms with Crippen LogP contribution in [0.15, 0.2) is 24.3 Å². The molecule has 20 heavy (non-hydrogen) atoms. The van der Waals surface area contributed by atoms with Crippen LogP contribution in [0.5, 0.6) is 5.75 Å². The van der Waals surface area contributed by atoms with Gasteiger partial charge in [-0.3, -0.25) is 9.59 Å². The smallest absolute Gasteiger partial charge is 0.311 e. The Kier molecular flexibility index (Phi) is 4.27. The van der Waals surface area contributed by atoms with Gasteiger partial charge in [-0.1, -0.05) is 17.7 Å². The average Bonchev–Trinajstić information content (AvgIpc) is 3.20. The maximum absolute atomic E-state index is 11.6. The molecule has 1 aliphatic carbocycles. The quantitative estimate of drug-likeness (QED) is 0.796.